The van der Waals surface area contributed by atoms with Crippen LogP contribution in [0.2, 0.25) is 0 Å². The fourth-order valence-corrected chi connectivity index (χ4v) is 3.14. The molecule has 0 radical (unpaired) electrons. The predicted molar refractivity (Wildman–Crippen MR) is 115 cm³/mol. The lowest BCUT2D eigenvalue weighted by atomic mass is 10.2. The van der Waals surface area contributed by atoms with Gasteiger partial charge in [0.1, 0.15) is 5.69 Å². The third-order valence-corrected chi connectivity index (χ3v) is 4.63. The number of thiazole rings is 1. The summed E-state index contributed by atoms with van der Waals surface area (Å²) in [6.07, 6.45) is 0. The summed E-state index contributed by atoms with van der Waals surface area (Å²) in [7, 11) is 3.90. The van der Waals surface area contributed by atoms with E-state index in [0.29, 0.717) is 16.5 Å². The molecule has 0 saturated carbocycles. The van der Waals surface area contributed by atoms with Crippen molar-refractivity contribution in [2.75, 3.05) is 34.9 Å². The normalized spacial score (nSPS) is 10.2. The number of hydrogen-bond donors (Lipinski definition) is 3. The van der Waals surface area contributed by atoms with Crippen molar-refractivity contribution in [2.45, 2.75) is 6.92 Å². The van der Waals surface area contributed by atoms with Gasteiger partial charge in [0.05, 0.1) is 0 Å². The zero-order chi connectivity index (χ0) is 20.1. The first-order valence-corrected chi connectivity index (χ1v) is 9.47. The summed E-state index contributed by atoms with van der Waals surface area (Å²) in [4.78, 5) is 30.6. The van der Waals surface area contributed by atoms with Gasteiger partial charge in [-0.25, -0.2) is 9.78 Å². The summed E-state index contributed by atoms with van der Waals surface area (Å²) in [6, 6.07) is 14.5. The molecule has 0 spiro atoms. The fraction of sp³-hybridized carbons (Fsp3) is 0.150. The molecule has 3 N–H and O–H groups in total. The van der Waals surface area contributed by atoms with Crippen molar-refractivity contribution in [1.82, 2.24) is 4.98 Å². The van der Waals surface area contributed by atoms with E-state index in [2.05, 4.69) is 20.9 Å². The number of aryl methyl sites for hydroxylation is 1. The lowest BCUT2D eigenvalue weighted by Crippen LogP contribution is -2.19. The van der Waals surface area contributed by atoms with Crippen molar-refractivity contribution in [2.24, 2.45) is 0 Å². The maximum atomic E-state index is 12.4. The number of rotatable bonds is 5. The molecule has 28 heavy (non-hydrogen) atoms. The number of nitrogens with one attached hydrogen (secondary N) is 3. The van der Waals surface area contributed by atoms with Crippen LogP contribution < -0.4 is 20.9 Å². The molecule has 0 fully saturated rings. The van der Waals surface area contributed by atoms with Gasteiger partial charge in [0.2, 0.25) is 0 Å². The molecule has 0 aliphatic heterocycles. The van der Waals surface area contributed by atoms with Crippen molar-refractivity contribution < 1.29 is 9.59 Å². The summed E-state index contributed by atoms with van der Waals surface area (Å²) in [5.41, 5.74) is 3.69. The minimum Gasteiger partial charge on any atom is -0.378 e. The van der Waals surface area contributed by atoms with Crippen LogP contribution in [0.25, 0.3) is 0 Å². The van der Waals surface area contributed by atoms with Gasteiger partial charge < -0.3 is 15.5 Å². The number of benzene rings is 2. The molecule has 3 rings (SSSR count). The second kappa shape index (κ2) is 8.53. The fourth-order valence-electron chi connectivity index (χ4n) is 2.46. The van der Waals surface area contributed by atoms with Crippen LogP contribution in [-0.2, 0) is 0 Å². The largest absolute Gasteiger partial charge is 0.378 e. The first kappa shape index (κ1) is 19.4. The maximum Gasteiger partial charge on any atom is 0.325 e. The average Bonchev–Trinajstić information content (AvgIpc) is 3.10. The number of carbonyl (C=O) groups excluding carboxylic acids is 2. The van der Waals surface area contributed by atoms with Crippen molar-refractivity contribution >= 4 is 45.5 Å². The second-order valence-corrected chi connectivity index (χ2v) is 7.24. The Morgan fingerprint density at radius 3 is 2.39 bits per heavy atom. The molecule has 3 amide bonds. The Labute approximate surface area is 167 Å². The van der Waals surface area contributed by atoms with E-state index in [1.165, 1.54) is 11.3 Å². The lowest BCUT2D eigenvalue weighted by Gasteiger charge is -2.12. The Balaban J connectivity index is 1.58. The molecule has 0 aliphatic rings. The van der Waals surface area contributed by atoms with Crippen LogP contribution in [-0.4, -0.2) is 31.0 Å². The third-order valence-electron chi connectivity index (χ3n) is 3.87. The maximum absolute atomic E-state index is 12.4. The first-order valence-electron chi connectivity index (χ1n) is 8.59. The third kappa shape index (κ3) is 5.08. The zero-order valence-electron chi connectivity index (χ0n) is 15.8. The van der Waals surface area contributed by atoms with E-state index in [0.717, 1.165) is 11.3 Å². The van der Waals surface area contributed by atoms with Gasteiger partial charge in [-0.15, -0.1) is 11.3 Å². The Morgan fingerprint density at radius 1 is 0.964 bits per heavy atom. The number of anilines is 4. The van der Waals surface area contributed by atoms with Crippen LogP contribution in [0.3, 0.4) is 0 Å². The smallest absolute Gasteiger partial charge is 0.325 e. The highest BCUT2D eigenvalue weighted by Gasteiger charge is 2.13. The van der Waals surface area contributed by atoms with E-state index in [1.807, 2.05) is 68.4 Å². The average molecular weight is 395 g/mol. The summed E-state index contributed by atoms with van der Waals surface area (Å²) in [5.74, 6) is -0.332. The van der Waals surface area contributed by atoms with Crippen LogP contribution in [0.15, 0.2) is 53.9 Å². The molecule has 7 nitrogen and oxygen atoms in total. The van der Waals surface area contributed by atoms with Crippen molar-refractivity contribution in [3.8, 4) is 0 Å². The topological polar surface area (TPSA) is 86.4 Å². The van der Waals surface area contributed by atoms with Crippen LogP contribution in [0, 0.1) is 6.92 Å². The molecule has 3 aromatic rings. The Morgan fingerprint density at radius 2 is 1.71 bits per heavy atom. The molecule has 0 unspecified atom stereocenters. The van der Waals surface area contributed by atoms with E-state index in [4.69, 9.17) is 0 Å². The summed E-state index contributed by atoms with van der Waals surface area (Å²) < 4.78 is 0. The summed E-state index contributed by atoms with van der Waals surface area (Å²) >= 11 is 1.19. The second-order valence-electron chi connectivity index (χ2n) is 6.38. The molecule has 144 valence electrons. The molecular formula is C20H21N5O2S. The quantitative estimate of drug-likeness (QED) is 0.597. The van der Waals surface area contributed by atoms with Gasteiger partial charge >= 0.3 is 6.03 Å². The highest BCUT2D eigenvalue weighted by atomic mass is 32.1. The van der Waals surface area contributed by atoms with Crippen LogP contribution in [0.4, 0.5) is 27.0 Å². The van der Waals surface area contributed by atoms with Gasteiger partial charge in [-0.1, -0.05) is 12.1 Å². The monoisotopic (exact) mass is 395 g/mol. The Hall–Kier alpha value is -3.39. The minimum atomic E-state index is -0.411. The molecule has 0 atom stereocenters. The van der Waals surface area contributed by atoms with E-state index in [-0.39, 0.29) is 11.6 Å². The first-order chi connectivity index (χ1) is 13.4. The Kier molecular flexibility index (Phi) is 5.90. The van der Waals surface area contributed by atoms with E-state index in [1.54, 1.807) is 11.4 Å². The molecule has 0 saturated heterocycles. The number of nitrogens with zero attached hydrogens (tertiary/aromatic N) is 2. The number of amides is 3. The molecule has 0 aliphatic carbocycles. The number of urea groups is 1. The van der Waals surface area contributed by atoms with Gasteiger partial charge in [0.15, 0.2) is 5.13 Å². The lowest BCUT2D eigenvalue weighted by molar-refractivity contribution is 0.102. The number of aromatic nitrogens is 1. The standard InChI is InChI=1S/C20H21N5O2S/c1-13-5-4-6-15(11-13)22-19(27)24-20-23-17(12-28-20)18(26)21-14-7-9-16(10-8-14)25(2)3/h4-12H,1-3H3,(H,21,26)(H2,22,23,24,27). The van der Waals surface area contributed by atoms with Gasteiger partial charge in [0, 0.05) is 36.5 Å². The van der Waals surface area contributed by atoms with Gasteiger partial charge in [0.25, 0.3) is 5.91 Å². The summed E-state index contributed by atoms with van der Waals surface area (Å²) in [5, 5.41) is 10.1. The highest BCUT2D eigenvalue weighted by molar-refractivity contribution is 7.14. The highest BCUT2D eigenvalue weighted by Crippen LogP contribution is 2.19. The SMILES string of the molecule is Cc1cccc(NC(=O)Nc2nc(C(=O)Nc3ccc(N(C)C)cc3)cs2)c1. The van der Waals surface area contributed by atoms with Crippen LogP contribution >= 0.6 is 11.3 Å². The molecule has 8 heteroatoms. The van der Waals surface area contributed by atoms with E-state index in [9.17, 15) is 9.59 Å². The predicted octanol–water partition coefficient (Wildman–Crippen LogP) is 4.41. The van der Waals surface area contributed by atoms with Gasteiger partial charge in [-0.2, -0.15) is 0 Å². The zero-order valence-corrected chi connectivity index (χ0v) is 16.6. The van der Waals surface area contributed by atoms with Gasteiger partial charge in [-0.05, 0) is 48.9 Å². The van der Waals surface area contributed by atoms with Crippen molar-refractivity contribution in [1.29, 1.82) is 0 Å². The summed E-state index contributed by atoms with van der Waals surface area (Å²) in [6.45, 7) is 1.95. The molecule has 1 aromatic heterocycles. The number of hydrogen-bond acceptors (Lipinski definition) is 5. The van der Waals surface area contributed by atoms with Gasteiger partial charge in [-0.3, -0.25) is 10.1 Å². The van der Waals surface area contributed by atoms with E-state index < -0.39 is 6.03 Å². The molecule has 1 heterocycles. The van der Waals surface area contributed by atoms with Crippen molar-refractivity contribution in [3.63, 3.8) is 0 Å². The Bertz CT molecular complexity index is 982. The minimum absolute atomic E-state index is 0.243. The number of carbonyl (C=O) groups is 2. The molecule has 0 bridgehead atoms. The van der Waals surface area contributed by atoms with E-state index >= 15 is 0 Å². The van der Waals surface area contributed by atoms with Crippen LogP contribution in [0.5, 0.6) is 0 Å². The molecule has 2 aromatic carbocycles. The van der Waals surface area contributed by atoms with Crippen molar-refractivity contribution in [3.05, 3.63) is 65.2 Å². The molecular weight excluding hydrogens is 374 g/mol. The van der Waals surface area contributed by atoms with Crippen LogP contribution in [0.1, 0.15) is 16.1 Å².